The number of benzene rings is 1. The fourth-order valence-corrected chi connectivity index (χ4v) is 6.80. The van der Waals surface area contributed by atoms with Crippen LogP contribution in [-0.2, 0) is 29.1 Å². The molecule has 2 atom stereocenters. The SMILES string of the molecule is Cc1cc(C)c(C)c(S(=O)(=O)N2CCC(C(=O)OCC(=O)N3CC(C)OC(C)C3)CC2)c1C. The second kappa shape index (κ2) is 10.1. The van der Waals surface area contributed by atoms with Crippen LogP contribution in [0.25, 0.3) is 0 Å². The number of ether oxygens (including phenoxy) is 2. The van der Waals surface area contributed by atoms with Gasteiger partial charge in [-0.2, -0.15) is 4.31 Å². The number of hydrogen-bond acceptors (Lipinski definition) is 6. The molecule has 0 N–H and O–H groups in total. The first-order valence-electron chi connectivity index (χ1n) is 11.6. The van der Waals surface area contributed by atoms with Gasteiger partial charge in [-0.15, -0.1) is 0 Å². The second-order valence-corrected chi connectivity index (χ2v) is 11.3. The van der Waals surface area contributed by atoms with Gasteiger partial charge in [-0.25, -0.2) is 8.42 Å². The lowest BCUT2D eigenvalue weighted by atomic mass is 9.98. The lowest BCUT2D eigenvalue weighted by Gasteiger charge is -2.35. The van der Waals surface area contributed by atoms with Gasteiger partial charge in [-0.05, 0) is 76.6 Å². The molecule has 1 amide bonds. The monoisotopic (exact) mass is 480 g/mol. The maximum Gasteiger partial charge on any atom is 0.309 e. The van der Waals surface area contributed by atoms with E-state index >= 15 is 0 Å². The molecule has 2 heterocycles. The molecule has 0 saturated carbocycles. The third-order valence-corrected chi connectivity index (χ3v) is 8.97. The van der Waals surface area contributed by atoms with Gasteiger partial charge in [0.15, 0.2) is 6.61 Å². The van der Waals surface area contributed by atoms with Crippen molar-refractivity contribution in [2.24, 2.45) is 5.92 Å². The van der Waals surface area contributed by atoms with E-state index in [4.69, 9.17) is 9.47 Å². The van der Waals surface area contributed by atoms with Gasteiger partial charge in [0.25, 0.3) is 5.91 Å². The molecule has 9 heteroatoms. The molecule has 8 nitrogen and oxygen atoms in total. The highest BCUT2D eigenvalue weighted by Crippen LogP contribution is 2.31. The van der Waals surface area contributed by atoms with Crippen LogP contribution < -0.4 is 0 Å². The molecule has 2 aliphatic rings. The number of rotatable bonds is 5. The van der Waals surface area contributed by atoms with Crippen molar-refractivity contribution >= 4 is 21.9 Å². The smallest absolute Gasteiger partial charge is 0.309 e. The zero-order chi connectivity index (χ0) is 24.5. The molecule has 0 aliphatic carbocycles. The van der Waals surface area contributed by atoms with Gasteiger partial charge in [0.2, 0.25) is 10.0 Å². The zero-order valence-electron chi connectivity index (χ0n) is 20.5. The lowest BCUT2D eigenvalue weighted by molar-refractivity contribution is -0.160. The van der Waals surface area contributed by atoms with Crippen molar-refractivity contribution in [3.8, 4) is 0 Å². The minimum Gasteiger partial charge on any atom is -0.455 e. The molecule has 3 rings (SSSR count). The second-order valence-electron chi connectivity index (χ2n) is 9.43. The molecule has 2 aliphatic heterocycles. The Morgan fingerprint density at radius 1 is 1.00 bits per heavy atom. The highest BCUT2D eigenvalue weighted by Gasteiger charge is 2.35. The number of morpholine rings is 1. The van der Waals surface area contributed by atoms with E-state index < -0.39 is 21.9 Å². The topological polar surface area (TPSA) is 93.2 Å². The van der Waals surface area contributed by atoms with Gasteiger partial charge in [0.1, 0.15) is 0 Å². The van der Waals surface area contributed by atoms with Crippen LogP contribution in [0.5, 0.6) is 0 Å². The fraction of sp³-hybridized carbons (Fsp3) is 0.667. The summed E-state index contributed by atoms with van der Waals surface area (Å²) in [6.45, 7) is 12.5. The van der Waals surface area contributed by atoms with Gasteiger partial charge in [0.05, 0.1) is 23.0 Å². The maximum absolute atomic E-state index is 13.4. The summed E-state index contributed by atoms with van der Waals surface area (Å²) < 4.78 is 39.2. The Kier molecular flexibility index (Phi) is 7.86. The van der Waals surface area contributed by atoms with Crippen LogP contribution in [0.4, 0.5) is 0 Å². The molecule has 2 unspecified atom stereocenters. The van der Waals surface area contributed by atoms with Crippen molar-refractivity contribution in [1.29, 1.82) is 0 Å². The molecule has 184 valence electrons. The summed E-state index contributed by atoms with van der Waals surface area (Å²) >= 11 is 0. The molecular formula is C24H36N2O6S. The summed E-state index contributed by atoms with van der Waals surface area (Å²) in [5.74, 6) is -1.08. The standard InChI is InChI=1S/C24H36N2O6S/c1-15-11-16(2)20(6)23(19(15)5)33(29,30)26-9-7-21(8-10-26)24(28)31-14-22(27)25-12-17(3)32-18(4)13-25/h11,17-18,21H,7-10,12-14H2,1-6H3. The third-order valence-electron chi connectivity index (χ3n) is 6.79. The highest BCUT2D eigenvalue weighted by molar-refractivity contribution is 7.89. The Balaban J connectivity index is 1.57. The summed E-state index contributed by atoms with van der Waals surface area (Å²) in [4.78, 5) is 27.0. The van der Waals surface area contributed by atoms with Crippen molar-refractivity contribution in [2.75, 3.05) is 32.8 Å². The quantitative estimate of drug-likeness (QED) is 0.601. The molecule has 1 aromatic carbocycles. The number of piperidine rings is 1. The van der Waals surface area contributed by atoms with E-state index in [1.165, 1.54) is 4.31 Å². The fourth-order valence-electron chi connectivity index (χ4n) is 4.75. The van der Waals surface area contributed by atoms with Crippen molar-refractivity contribution < 1.29 is 27.5 Å². The largest absolute Gasteiger partial charge is 0.455 e. The Labute approximate surface area is 197 Å². The van der Waals surface area contributed by atoms with E-state index in [0.717, 1.165) is 22.3 Å². The molecule has 1 aromatic rings. The van der Waals surface area contributed by atoms with E-state index in [1.54, 1.807) is 4.90 Å². The molecule has 0 bridgehead atoms. The van der Waals surface area contributed by atoms with E-state index in [9.17, 15) is 18.0 Å². The average Bonchev–Trinajstić information content (AvgIpc) is 2.75. The molecular weight excluding hydrogens is 444 g/mol. The summed E-state index contributed by atoms with van der Waals surface area (Å²) in [7, 11) is -3.66. The van der Waals surface area contributed by atoms with Crippen LogP contribution in [-0.4, -0.2) is 74.5 Å². The Morgan fingerprint density at radius 3 is 2.03 bits per heavy atom. The molecule has 33 heavy (non-hydrogen) atoms. The third kappa shape index (κ3) is 5.58. The zero-order valence-corrected chi connectivity index (χ0v) is 21.3. The first-order chi connectivity index (χ1) is 15.4. The summed E-state index contributed by atoms with van der Waals surface area (Å²) in [6, 6.07) is 2.01. The van der Waals surface area contributed by atoms with Crippen molar-refractivity contribution in [1.82, 2.24) is 9.21 Å². The van der Waals surface area contributed by atoms with Crippen molar-refractivity contribution in [3.05, 3.63) is 28.3 Å². The predicted molar refractivity (Wildman–Crippen MR) is 124 cm³/mol. The number of carbonyl (C=O) groups is 2. The number of amides is 1. The van der Waals surface area contributed by atoms with Crippen LogP contribution in [0.1, 0.15) is 48.9 Å². The van der Waals surface area contributed by atoms with E-state index in [0.29, 0.717) is 30.8 Å². The van der Waals surface area contributed by atoms with Crippen molar-refractivity contribution in [3.63, 3.8) is 0 Å². The number of nitrogens with zero attached hydrogens (tertiary/aromatic N) is 2. The van der Waals surface area contributed by atoms with Gasteiger partial charge >= 0.3 is 5.97 Å². The number of carbonyl (C=O) groups excluding carboxylic acids is 2. The number of aryl methyl sites for hydroxylation is 2. The van der Waals surface area contributed by atoms with E-state index in [2.05, 4.69) is 0 Å². The molecule has 0 spiro atoms. The summed E-state index contributed by atoms with van der Waals surface area (Å²) in [5, 5.41) is 0. The first kappa shape index (κ1) is 25.6. The van der Waals surface area contributed by atoms with Gasteiger partial charge in [0, 0.05) is 26.2 Å². The molecule has 0 radical (unpaired) electrons. The predicted octanol–water partition coefficient (Wildman–Crippen LogP) is 2.50. The molecule has 0 aromatic heterocycles. The minimum absolute atomic E-state index is 0.0517. The normalized spacial score (nSPS) is 22.9. The molecule has 2 saturated heterocycles. The van der Waals surface area contributed by atoms with Crippen LogP contribution in [0.3, 0.4) is 0 Å². The number of hydrogen-bond donors (Lipinski definition) is 0. The Bertz CT molecular complexity index is 978. The van der Waals surface area contributed by atoms with Crippen molar-refractivity contribution in [2.45, 2.75) is 71.5 Å². The minimum atomic E-state index is -3.66. The highest BCUT2D eigenvalue weighted by atomic mass is 32.2. The summed E-state index contributed by atoms with van der Waals surface area (Å²) in [6.07, 6.45) is 0.648. The molecule has 2 fully saturated rings. The van der Waals surface area contributed by atoms with Crippen LogP contribution in [0.15, 0.2) is 11.0 Å². The maximum atomic E-state index is 13.4. The Hall–Kier alpha value is -1.97. The summed E-state index contributed by atoms with van der Waals surface area (Å²) in [5.41, 5.74) is 3.43. The number of esters is 1. The average molecular weight is 481 g/mol. The van der Waals surface area contributed by atoms with Gasteiger partial charge in [-0.1, -0.05) is 6.07 Å². The van der Waals surface area contributed by atoms with E-state index in [-0.39, 0.29) is 37.8 Å². The van der Waals surface area contributed by atoms with E-state index in [1.807, 2.05) is 47.6 Å². The first-order valence-corrected chi connectivity index (χ1v) is 13.0. The lowest BCUT2D eigenvalue weighted by Crippen LogP contribution is -2.49. The number of sulfonamides is 1. The Morgan fingerprint density at radius 2 is 1.52 bits per heavy atom. The van der Waals surface area contributed by atoms with Crippen LogP contribution in [0.2, 0.25) is 0 Å². The van der Waals surface area contributed by atoms with Crippen LogP contribution >= 0.6 is 0 Å². The van der Waals surface area contributed by atoms with Gasteiger partial charge in [-0.3, -0.25) is 9.59 Å². The van der Waals surface area contributed by atoms with Crippen LogP contribution in [0, 0.1) is 33.6 Å². The van der Waals surface area contributed by atoms with Gasteiger partial charge < -0.3 is 14.4 Å².